The Morgan fingerprint density at radius 2 is 1.82 bits per heavy atom. The van der Waals surface area contributed by atoms with Crippen LogP contribution in [0.2, 0.25) is 0 Å². The van der Waals surface area contributed by atoms with E-state index in [-0.39, 0.29) is 0 Å². The van der Waals surface area contributed by atoms with Gasteiger partial charge in [0.15, 0.2) is 0 Å². The topological polar surface area (TPSA) is 41.6 Å². The van der Waals surface area contributed by atoms with Crippen LogP contribution in [-0.2, 0) is 0 Å². The van der Waals surface area contributed by atoms with Crippen LogP contribution >= 0.6 is 0 Å². The van der Waals surface area contributed by atoms with E-state index in [1.807, 2.05) is 30.5 Å². The van der Waals surface area contributed by atoms with E-state index in [9.17, 15) is 0 Å². The molecule has 0 amide bonds. The SMILES string of the molecule is c1ccc(-c2ccnc(-c3cnc[nH]3)c2)cc1. The summed E-state index contributed by atoms with van der Waals surface area (Å²) in [5.74, 6) is 0. The van der Waals surface area contributed by atoms with Crippen molar-refractivity contribution in [3.63, 3.8) is 0 Å². The number of pyridine rings is 1. The first-order chi connectivity index (χ1) is 8.43. The molecule has 1 N–H and O–H groups in total. The lowest BCUT2D eigenvalue weighted by atomic mass is 10.1. The third-order valence-corrected chi connectivity index (χ3v) is 2.64. The van der Waals surface area contributed by atoms with Gasteiger partial charge in [-0.2, -0.15) is 0 Å². The van der Waals surface area contributed by atoms with Crippen LogP contribution in [0, 0.1) is 0 Å². The average Bonchev–Trinajstić information content (AvgIpc) is 2.94. The molecule has 1 aromatic carbocycles. The molecule has 3 heteroatoms. The van der Waals surface area contributed by atoms with E-state index in [1.165, 1.54) is 5.56 Å². The molecule has 0 aliphatic carbocycles. The molecule has 0 spiro atoms. The van der Waals surface area contributed by atoms with Crippen molar-refractivity contribution in [3.8, 4) is 22.5 Å². The lowest BCUT2D eigenvalue weighted by Gasteiger charge is -2.03. The number of imidazole rings is 1. The van der Waals surface area contributed by atoms with Crippen LogP contribution in [0.5, 0.6) is 0 Å². The summed E-state index contributed by atoms with van der Waals surface area (Å²) in [5, 5.41) is 0. The lowest BCUT2D eigenvalue weighted by Crippen LogP contribution is -1.85. The van der Waals surface area contributed by atoms with Gasteiger partial charge in [-0.05, 0) is 23.3 Å². The van der Waals surface area contributed by atoms with Crippen molar-refractivity contribution in [1.82, 2.24) is 15.0 Å². The Morgan fingerprint density at radius 1 is 0.941 bits per heavy atom. The minimum atomic E-state index is 0.906. The summed E-state index contributed by atoms with van der Waals surface area (Å²) < 4.78 is 0. The second kappa shape index (κ2) is 4.22. The Bertz CT molecular complexity index is 600. The van der Waals surface area contributed by atoms with Crippen LogP contribution in [0.1, 0.15) is 0 Å². The number of benzene rings is 1. The minimum absolute atomic E-state index is 0.906. The number of rotatable bonds is 2. The second-order valence-electron chi connectivity index (χ2n) is 3.76. The maximum atomic E-state index is 4.34. The molecule has 0 aliphatic heterocycles. The summed E-state index contributed by atoms with van der Waals surface area (Å²) in [6.07, 6.45) is 5.25. The Balaban J connectivity index is 2.06. The van der Waals surface area contributed by atoms with E-state index in [1.54, 1.807) is 12.5 Å². The van der Waals surface area contributed by atoms with E-state index in [0.717, 1.165) is 17.0 Å². The molecule has 0 bridgehead atoms. The zero-order valence-electron chi connectivity index (χ0n) is 9.17. The number of nitrogens with zero attached hydrogens (tertiary/aromatic N) is 2. The Hall–Kier alpha value is -2.42. The van der Waals surface area contributed by atoms with E-state index in [4.69, 9.17) is 0 Å². The largest absolute Gasteiger partial charge is 0.343 e. The molecule has 0 atom stereocenters. The summed E-state index contributed by atoms with van der Waals surface area (Å²) >= 11 is 0. The van der Waals surface area contributed by atoms with Crippen molar-refractivity contribution in [2.45, 2.75) is 0 Å². The first kappa shape index (κ1) is 9.78. The highest BCUT2D eigenvalue weighted by molar-refractivity contribution is 5.68. The molecule has 0 radical (unpaired) electrons. The Kier molecular flexibility index (Phi) is 2.43. The quantitative estimate of drug-likeness (QED) is 0.722. The summed E-state index contributed by atoms with van der Waals surface area (Å²) in [6.45, 7) is 0. The van der Waals surface area contributed by atoms with Gasteiger partial charge in [-0.3, -0.25) is 4.98 Å². The maximum Gasteiger partial charge on any atom is 0.0924 e. The zero-order valence-corrected chi connectivity index (χ0v) is 9.17. The highest BCUT2D eigenvalue weighted by Crippen LogP contribution is 2.22. The summed E-state index contributed by atoms with van der Waals surface area (Å²) in [4.78, 5) is 11.4. The van der Waals surface area contributed by atoms with Crippen molar-refractivity contribution in [3.05, 3.63) is 61.2 Å². The summed E-state index contributed by atoms with van der Waals surface area (Å²) in [7, 11) is 0. The molecular formula is C14H11N3. The highest BCUT2D eigenvalue weighted by Gasteiger charge is 2.02. The van der Waals surface area contributed by atoms with E-state index < -0.39 is 0 Å². The highest BCUT2D eigenvalue weighted by atomic mass is 14.9. The van der Waals surface area contributed by atoms with Crippen LogP contribution in [0.4, 0.5) is 0 Å². The number of hydrogen-bond donors (Lipinski definition) is 1. The lowest BCUT2D eigenvalue weighted by molar-refractivity contribution is 1.27. The van der Waals surface area contributed by atoms with Crippen molar-refractivity contribution in [2.75, 3.05) is 0 Å². The van der Waals surface area contributed by atoms with Crippen LogP contribution in [0.3, 0.4) is 0 Å². The molecule has 3 aromatic rings. The maximum absolute atomic E-state index is 4.34. The number of aromatic nitrogens is 3. The third-order valence-electron chi connectivity index (χ3n) is 2.64. The number of aromatic amines is 1. The molecule has 2 heterocycles. The average molecular weight is 221 g/mol. The first-order valence-corrected chi connectivity index (χ1v) is 5.44. The number of nitrogens with one attached hydrogen (secondary N) is 1. The van der Waals surface area contributed by atoms with Gasteiger partial charge in [-0.15, -0.1) is 0 Å². The molecule has 0 unspecified atom stereocenters. The van der Waals surface area contributed by atoms with E-state index >= 15 is 0 Å². The van der Waals surface area contributed by atoms with Crippen LogP contribution in [0.15, 0.2) is 61.2 Å². The number of H-pyrrole nitrogens is 1. The second-order valence-corrected chi connectivity index (χ2v) is 3.76. The van der Waals surface area contributed by atoms with Crippen molar-refractivity contribution in [1.29, 1.82) is 0 Å². The summed E-state index contributed by atoms with van der Waals surface area (Å²) in [6, 6.07) is 14.3. The summed E-state index contributed by atoms with van der Waals surface area (Å²) in [5.41, 5.74) is 4.19. The van der Waals surface area contributed by atoms with Gasteiger partial charge in [-0.25, -0.2) is 4.98 Å². The van der Waals surface area contributed by atoms with Gasteiger partial charge in [0.2, 0.25) is 0 Å². The molecule has 3 rings (SSSR count). The van der Waals surface area contributed by atoms with Gasteiger partial charge in [0.05, 0.1) is 23.9 Å². The molecule has 3 nitrogen and oxygen atoms in total. The standard InChI is InChI=1S/C14H11N3/c1-2-4-11(5-3-1)12-6-7-16-13(8-12)14-9-15-10-17-14/h1-10H,(H,15,17). The third kappa shape index (κ3) is 1.95. The molecule has 82 valence electrons. The van der Waals surface area contributed by atoms with Crippen molar-refractivity contribution < 1.29 is 0 Å². The molecule has 17 heavy (non-hydrogen) atoms. The van der Waals surface area contributed by atoms with Gasteiger partial charge in [0.25, 0.3) is 0 Å². The normalized spacial score (nSPS) is 10.4. The van der Waals surface area contributed by atoms with Crippen molar-refractivity contribution in [2.24, 2.45) is 0 Å². The van der Waals surface area contributed by atoms with Crippen LogP contribution < -0.4 is 0 Å². The van der Waals surface area contributed by atoms with Gasteiger partial charge < -0.3 is 4.98 Å². The molecule has 2 aromatic heterocycles. The predicted molar refractivity (Wildman–Crippen MR) is 67.3 cm³/mol. The Morgan fingerprint density at radius 3 is 2.59 bits per heavy atom. The smallest absolute Gasteiger partial charge is 0.0924 e. The fourth-order valence-electron chi connectivity index (χ4n) is 1.78. The van der Waals surface area contributed by atoms with E-state index in [2.05, 4.69) is 33.2 Å². The Labute approximate surface area is 99.2 Å². The molecule has 0 fully saturated rings. The fourth-order valence-corrected chi connectivity index (χ4v) is 1.78. The fraction of sp³-hybridized carbons (Fsp3) is 0. The predicted octanol–water partition coefficient (Wildman–Crippen LogP) is 3.14. The molecular weight excluding hydrogens is 210 g/mol. The van der Waals surface area contributed by atoms with Gasteiger partial charge >= 0.3 is 0 Å². The minimum Gasteiger partial charge on any atom is -0.343 e. The van der Waals surface area contributed by atoms with Crippen molar-refractivity contribution >= 4 is 0 Å². The monoisotopic (exact) mass is 221 g/mol. The molecule has 0 saturated heterocycles. The van der Waals surface area contributed by atoms with Gasteiger partial charge in [-0.1, -0.05) is 30.3 Å². The van der Waals surface area contributed by atoms with Gasteiger partial charge in [0.1, 0.15) is 0 Å². The van der Waals surface area contributed by atoms with Gasteiger partial charge in [0, 0.05) is 6.20 Å². The molecule has 0 aliphatic rings. The zero-order chi connectivity index (χ0) is 11.5. The van der Waals surface area contributed by atoms with E-state index in [0.29, 0.717) is 0 Å². The van der Waals surface area contributed by atoms with Crippen LogP contribution in [-0.4, -0.2) is 15.0 Å². The molecule has 0 saturated carbocycles. The first-order valence-electron chi connectivity index (χ1n) is 5.44. The van der Waals surface area contributed by atoms with Crippen LogP contribution in [0.25, 0.3) is 22.5 Å². The number of hydrogen-bond acceptors (Lipinski definition) is 2.